The lowest BCUT2D eigenvalue weighted by molar-refractivity contribution is -0.137. The molecule has 0 aromatic heterocycles. The summed E-state index contributed by atoms with van der Waals surface area (Å²) in [6.45, 7) is 13.3. The van der Waals surface area contributed by atoms with E-state index in [9.17, 15) is 13.2 Å². The average molecular weight is 558 g/mol. The van der Waals surface area contributed by atoms with Gasteiger partial charge in [-0.1, -0.05) is 44.6 Å². The number of nitrogens with one attached hydrogen (secondary N) is 3. The summed E-state index contributed by atoms with van der Waals surface area (Å²) >= 11 is 0. The van der Waals surface area contributed by atoms with Gasteiger partial charge in [-0.2, -0.15) is 0 Å². The second-order valence-electron chi connectivity index (χ2n) is 11.6. The van der Waals surface area contributed by atoms with E-state index in [1.807, 2.05) is 25.2 Å². The van der Waals surface area contributed by atoms with Gasteiger partial charge in [0, 0.05) is 48.5 Å². The van der Waals surface area contributed by atoms with Crippen LogP contribution in [0.3, 0.4) is 0 Å². The molecular formula is C30H47N5O3S. The second kappa shape index (κ2) is 13.3. The molecule has 0 unspecified atom stereocenters. The zero-order valence-corrected chi connectivity index (χ0v) is 24.5. The van der Waals surface area contributed by atoms with E-state index < -0.39 is 10.0 Å². The van der Waals surface area contributed by atoms with E-state index in [4.69, 9.17) is 0 Å². The number of anilines is 1. The number of fused-ring (bicyclic) bond motifs is 1. The fraction of sp³-hybridized carbons (Fsp3) is 0.633. The molecule has 4 atom stereocenters. The van der Waals surface area contributed by atoms with Crippen LogP contribution in [0.2, 0.25) is 0 Å². The van der Waals surface area contributed by atoms with Crippen molar-refractivity contribution in [3.63, 3.8) is 0 Å². The highest BCUT2D eigenvalue weighted by Crippen LogP contribution is 2.35. The van der Waals surface area contributed by atoms with Crippen molar-refractivity contribution in [2.75, 3.05) is 37.9 Å². The monoisotopic (exact) mass is 557 g/mol. The van der Waals surface area contributed by atoms with Crippen molar-refractivity contribution in [2.24, 2.45) is 11.8 Å². The Kier molecular flexibility index (Phi) is 10.1. The van der Waals surface area contributed by atoms with Gasteiger partial charge in [0.1, 0.15) is 6.04 Å². The van der Waals surface area contributed by atoms with Crippen molar-refractivity contribution in [3.05, 3.63) is 54.1 Å². The van der Waals surface area contributed by atoms with Crippen molar-refractivity contribution in [1.82, 2.24) is 20.4 Å². The number of likely N-dealkylation sites (N-methyl/N-ethyl adjacent to an activating group) is 1. The molecule has 9 heteroatoms. The van der Waals surface area contributed by atoms with E-state index in [-0.39, 0.29) is 24.0 Å². The highest BCUT2D eigenvalue weighted by Gasteiger charge is 2.44. The molecule has 2 heterocycles. The Labute approximate surface area is 235 Å². The molecule has 1 saturated carbocycles. The molecule has 1 aromatic carbocycles. The number of hydrogen-bond donors (Lipinski definition) is 3. The van der Waals surface area contributed by atoms with Crippen LogP contribution in [0.5, 0.6) is 0 Å². The molecule has 3 aliphatic rings. The van der Waals surface area contributed by atoms with E-state index in [0.29, 0.717) is 17.5 Å². The van der Waals surface area contributed by atoms with Crippen molar-refractivity contribution in [2.45, 2.75) is 76.4 Å². The van der Waals surface area contributed by atoms with Gasteiger partial charge in [-0.25, -0.2) is 8.42 Å². The Morgan fingerprint density at radius 1 is 1.15 bits per heavy atom. The summed E-state index contributed by atoms with van der Waals surface area (Å²) in [5, 5.41) is 7.74. The standard InChI is InChI=1S/C30H47N5O3S/c1-5-39(37,38)33-27-13-9-10-24(20-27)14-17-34-18-15-25-16-19-35(28(25)21-34)30(36)29(26-11-7-6-8-12-26)32-23(3)22(2)31-4/h5,9-10,13,20,22,25-26,28-29,31-33H,1,3,6-8,11-12,14-19,21H2,2,4H3/t22-,25+,28+,29-/m0/s1. The molecule has 39 heavy (non-hydrogen) atoms. The van der Waals surface area contributed by atoms with Gasteiger partial charge in [0.15, 0.2) is 0 Å². The summed E-state index contributed by atoms with van der Waals surface area (Å²) in [4.78, 5) is 18.8. The van der Waals surface area contributed by atoms with Gasteiger partial charge in [-0.3, -0.25) is 9.52 Å². The normalized spacial score (nSPS) is 24.0. The van der Waals surface area contributed by atoms with E-state index in [1.54, 1.807) is 6.07 Å². The highest BCUT2D eigenvalue weighted by atomic mass is 32.2. The first-order chi connectivity index (χ1) is 18.7. The fourth-order valence-corrected chi connectivity index (χ4v) is 7.03. The zero-order chi connectivity index (χ0) is 28.0. The van der Waals surface area contributed by atoms with Crippen LogP contribution in [0.4, 0.5) is 5.69 Å². The number of likely N-dealkylation sites (tertiary alicyclic amines) is 2. The molecule has 1 aliphatic carbocycles. The summed E-state index contributed by atoms with van der Waals surface area (Å²) in [5.41, 5.74) is 2.52. The molecule has 1 amide bonds. The van der Waals surface area contributed by atoms with Gasteiger partial charge in [0.25, 0.3) is 10.0 Å². The second-order valence-corrected chi connectivity index (χ2v) is 13.2. The molecule has 1 aromatic rings. The number of carbonyl (C=O) groups excluding carboxylic acids is 1. The lowest BCUT2D eigenvalue weighted by Gasteiger charge is -2.41. The number of nitrogens with zero attached hydrogens (tertiary/aromatic N) is 2. The predicted octanol–water partition coefficient (Wildman–Crippen LogP) is 3.70. The van der Waals surface area contributed by atoms with Crippen LogP contribution in [0.15, 0.2) is 48.5 Å². The molecule has 216 valence electrons. The molecule has 2 saturated heterocycles. The van der Waals surface area contributed by atoms with Crippen molar-refractivity contribution in [1.29, 1.82) is 0 Å². The van der Waals surface area contributed by atoms with Gasteiger partial charge >= 0.3 is 0 Å². The zero-order valence-electron chi connectivity index (χ0n) is 23.7. The number of amides is 1. The first-order valence-electron chi connectivity index (χ1n) is 14.6. The first-order valence-corrected chi connectivity index (χ1v) is 16.1. The van der Waals surface area contributed by atoms with Gasteiger partial charge in [-0.15, -0.1) is 0 Å². The Bertz CT molecular complexity index is 1120. The van der Waals surface area contributed by atoms with Crippen molar-refractivity contribution in [3.8, 4) is 0 Å². The summed E-state index contributed by atoms with van der Waals surface area (Å²) in [5.74, 6) is 1.17. The smallest absolute Gasteiger partial charge is 0.254 e. The van der Waals surface area contributed by atoms with Gasteiger partial charge in [-0.05, 0) is 82.2 Å². The Balaban J connectivity index is 1.40. The van der Waals surface area contributed by atoms with E-state index in [2.05, 4.69) is 45.2 Å². The first kappa shape index (κ1) is 29.6. The number of rotatable bonds is 12. The van der Waals surface area contributed by atoms with Crippen LogP contribution >= 0.6 is 0 Å². The molecule has 0 bridgehead atoms. The van der Waals surface area contributed by atoms with Gasteiger partial charge < -0.3 is 20.4 Å². The number of carbonyl (C=O) groups is 1. The van der Waals surface area contributed by atoms with Crippen LogP contribution in [0.1, 0.15) is 57.4 Å². The topological polar surface area (TPSA) is 93.8 Å². The molecule has 8 nitrogen and oxygen atoms in total. The maximum absolute atomic E-state index is 14.1. The maximum atomic E-state index is 14.1. The van der Waals surface area contributed by atoms with Crippen molar-refractivity contribution >= 4 is 21.6 Å². The van der Waals surface area contributed by atoms with Gasteiger partial charge in [0.2, 0.25) is 5.91 Å². The number of benzene rings is 1. The molecule has 3 fully saturated rings. The van der Waals surface area contributed by atoms with Crippen molar-refractivity contribution < 1.29 is 13.2 Å². The summed E-state index contributed by atoms with van der Waals surface area (Å²) in [7, 11) is -1.60. The third-order valence-electron chi connectivity index (χ3n) is 9.04. The molecule has 0 spiro atoms. The lowest BCUT2D eigenvalue weighted by Crippen LogP contribution is -2.57. The van der Waals surface area contributed by atoms with E-state index >= 15 is 0 Å². The SMILES string of the molecule is C=CS(=O)(=O)Nc1cccc(CCN2CC[C@@H]3CCN(C(=O)[C@@H](NC(=C)[C@H](C)NC)C4CCCCC4)[C@@H]3C2)c1. The third-order valence-corrected chi connectivity index (χ3v) is 10.00. The molecule has 4 rings (SSSR count). The van der Waals surface area contributed by atoms with Crippen LogP contribution < -0.4 is 15.4 Å². The van der Waals surface area contributed by atoms with Crippen LogP contribution in [-0.2, 0) is 21.2 Å². The minimum atomic E-state index is -3.53. The Morgan fingerprint density at radius 3 is 2.62 bits per heavy atom. The average Bonchev–Trinajstić information content (AvgIpc) is 3.37. The molecule has 0 radical (unpaired) electrons. The largest absolute Gasteiger partial charge is 0.376 e. The summed E-state index contributed by atoms with van der Waals surface area (Å²) in [6, 6.07) is 7.69. The number of sulfonamides is 1. The third kappa shape index (κ3) is 7.64. The van der Waals surface area contributed by atoms with Crippen LogP contribution in [0.25, 0.3) is 0 Å². The lowest BCUT2D eigenvalue weighted by atomic mass is 9.82. The minimum Gasteiger partial charge on any atom is -0.376 e. The quantitative estimate of drug-likeness (QED) is 0.363. The number of hydrogen-bond acceptors (Lipinski definition) is 6. The summed E-state index contributed by atoms with van der Waals surface area (Å²) in [6.07, 6.45) is 8.86. The molecule has 2 aliphatic heterocycles. The van der Waals surface area contributed by atoms with E-state index in [0.717, 1.165) is 75.0 Å². The molecular weight excluding hydrogens is 510 g/mol. The highest BCUT2D eigenvalue weighted by molar-refractivity contribution is 7.95. The minimum absolute atomic E-state index is 0.103. The van der Waals surface area contributed by atoms with E-state index in [1.165, 1.54) is 19.3 Å². The number of piperidine rings is 1. The molecule has 3 N–H and O–H groups in total. The van der Waals surface area contributed by atoms with Crippen LogP contribution in [-0.4, -0.2) is 75.5 Å². The Hall–Kier alpha value is -2.36. The predicted molar refractivity (Wildman–Crippen MR) is 159 cm³/mol. The Morgan fingerprint density at radius 2 is 1.90 bits per heavy atom. The van der Waals surface area contributed by atoms with Crippen LogP contribution in [0, 0.1) is 11.8 Å². The van der Waals surface area contributed by atoms with Gasteiger partial charge in [0.05, 0.1) is 0 Å². The maximum Gasteiger partial charge on any atom is 0.254 e. The summed E-state index contributed by atoms with van der Waals surface area (Å²) < 4.78 is 26.2. The fourth-order valence-electron chi connectivity index (χ4n) is 6.49.